The molecule has 32 heavy (non-hydrogen) atoms. The maximum absolute atomic E-state index is 12.8. The summed E-state index contributed by atoms with van der Waals surface area (Å²) >= 11 is 0. The first-order valence-corrected chi connectivity index (χ1v) is 13.9. The molecule has 2 aliphatic rings. The molecule has 2 saturated heterocycles. The molecule has 0 aliphatic carbocycles. The summed E-state index contributed by atoms with van der Waals surface area (Å²) in [6, 6.07) is 6.22. The normalized spacial score (nSPS) is 22.9. The van der Waals surface area contributed by atoms with Crippen LogP contribution in [0.5, 0.6) is 0 Å². The minimum atomic E-state index is -3.62. The number of benzene rings is 1. The quantitative estimate of drug-likeness (QED) is 0.550. The average molecular weight is 487 g/mol. The number of amides is 1. The van der Waals surface area contributed by atoms with Gasteiger partial charge in [0, 0.05) is 26.2 Å². The Morgan fingerprint density at radius 3 is 2.25 bits per heavy atom. The van der Waals surface area contributed by atoms with Crippen LogP contribution in [0.15, 0.2) is 29.2 Å². The van der Waals surface area contributed by atoms with E-state index in [2.05, 4.69) is 0 Å². The smallest absolute Gasteiger partial charge is 0.309 e. The first kappa shape index (κ1) is 24.7. The van der Waals surface area contributed by atoms with Gasteiger partial charge in [0.2, 0.25) is 10.0 Å². The van der Waals surface area contributed by atoms with Crippen LogP contribution >= 0.6 is 0 Å². The molecule has 2 fully saturated rings. The van der Waals surface area contributed by atoms with E-state index in [-0.39, 0.29) is 29.5 Å². The van der Waals surface area contributed by atoms with Gasteiger partial charge in [0.05, 0.1) is 22.3 Å². The van der Waals surface area contributed by atoms with Gasteiger partial charge in [-0.1, -0.05) is 17.7 Å². The molecule has 0 aromatic heterocycles. The molecule has 0 unspecified atom stereocenters. The Bertz CT molecular complexity index is 1060. The maximum atomic E-state index is 12.8. The Morgan fingerprint density at radius 1 is 1.12 bits per heavy atom. The minimum absolute atomic E-state index is 0.0491. The van der Waals surface area contributed by atoms with Crippen LogP contribution in [-0.2, 0) is 34.2 Å². The maximum Gasteiger partial charge on any atom is 0.309 e. The number of rotatable bonds is 6. The van der Waals surface area contributed by atoms with E-state index in [4.69, 9.17) is 4.74 Å². The molecule has 178 valence electrons. The Hall–Kier alpha value is -1.98. The number of esters is 1. The van der Waals surface area contributed by atoms with Crippen molar-refractivity contribution in [2.75, 3.05) is 31.6 Å². The lowest BCUT2D eigenvalue weighted by Crippen LogP contribution is -2.45. The van der Waals surface area contributed by atoms with Gasteiger partial charge < -0.3 is 9.64 Å². The summed E-state index contributed by atoms with van der Waals surface area (Å²) in [5.74, 6) is -1.51. The Balaban J connectivity index is 1.52. The predicted molar refractivity (Wildman–Crippen MR) is 118 cm³/mol. The molecule has 11 heteroatoms. The minimum Gasteiger partial charge on any atom is -0.452 e. The van der Waals surface area contributed by atoms with Crippen LogP contribution in [0.4, 0.5) is 0 Å². The second-order valence-electron chi connectivity index (χ2n) is 8.58. The van der Waals surface area contributed by atoms with Gasteiger partial charge in [-0.05, 0) is 45.2 Å². The van der Waals surface area contributed by atoms with E-state index < -0.39 is 49.8 Å². The second kappa shape index (κ2) is 9.48. The van der Waals surface area contributed by atoms with Crippen LogP contribution in [0.3, 0.4) is 0 Å². The van der Waals surface area contributed by atoms with Crippen LogP contribution in [0.25, 0.3) is 0 Å². The summed E-state index contributed by atoms with van der Waals surface area (Å²) in [4.78, 5) is 26.7. The summed E-state index contributed by atoms with van der Waals surface area (Å²) in [5, 5.41) is 0. The van der Waals surface area contributed by atoms with Crippen molar-refractivity contribution < 1.29 is 31.2 Å². The molecule has 1 aromatic carbocycles. The highest BCUT2D eigenvalue weighted by Crippen LogP contribution is 2.25. The van der Waals surface area contributed by atoms with Crippen LogP contribution in [0.1, 0.15) is 31.7 Å². The Kier molecular flexibility index (Phi) is 7.31. The Labute approximate surface area is 189 Å². The topological polar surface area (TPSA) is 118 Å². The number of hydrogen-bond donors (Lipinski definition) is 0. The van der Waals surface area contributed by atoms with Gasteiger partial charge in [-0.15, -0.1) is 0 Å². The number of sulfonamides is 1. The fourth-order valence-electron chi connectivity index (χ4n) is 4.06. The van der Waals surface area contributed by atoms with Gasteiger partial charge >= 0.3 is 5.97 Å². The van der Waals surface area contributed by atoms with E-state index >= 15 is 0 Å². The highest BCUT2D eigenvalue weighted by Gasteiger charge is 2.37. The number of sulfone groups is 1. The summed E-state index contributed by atoms with van der Waals surface area (Å²) in [5.41, 5.74) is 0.967. The molecular formula is C21H30N2O7S2. The molecule has 0 saturated carbocycles. The summed E-state index contributed by atoms with van der Waals surface area (Å²) in [6.45, 7) is 3.74. The largest absolute Gasteiger partial charge is 0.452 e. The SMILES string of the molecule is Cc1ccc(S(=O)(=O)N2CCC(C(=O)O[C@H](C)C(=O)N(C)[C@H]3CCS(=O)(=O)C3)CC2)cc1. The summed E-state index contributed by atoms with van der Waals surface area (Å²) in [6.07, 6.45) is -0.0486. The molecule has 2 heterocycles. The van der Waals surface area contributed by atoms with Gasteiger partial charge in [-0.3, -0.25) is 9.59 Å². The van der Waals surface area contributed by atoms with E-state index in [1.54, 1.807) is 24.3 Å². The zero-order valence-corrected chi connectivity index (χ0v) is 20.2. The standard InChI is InChI=1S/C21H30N2O7S2/c1-15-4-6-19(7-5-15)32(28,29)23-11-8-17(9-12-23)21(25)30-16(2)20(24)22(3)18-10-13-31(26,27)14-18/h4-7,16-18H,8-14H2,1-3H3/t16-,18+/m1/s1. The van der Waals surface area contributed by atoms with E-state index in [0.717, 1.165) is 5.56 Å². The second-order valence-corrected chi connectivity index (χ2v) is 12.7. The highest BCUT2D eigenvalue weighted by molar-refractivity contribution is 7.91. The average Bonchev–Trinajstić information content (AvgIpc) is 3.12. The number of ether oxygens (including phenoxy) is 1. The zero-order valence-electron chi connectivity index (χ0n) is 18.6. The monoisotopic (exact) mass is 486 g/mol. The van der Waals surface area contributed by atoms with Crippen LogP contribution < -0.4 is 0 Å². The third kappa shape index (κ3) is 5.49. The number of piperidine rings is 1. The molecule has 0 radical (unpaired) electrons. The number of carbonyl (C=O) groups excluding carboxylic acids is 2. The molecule has 2 atom stereocenters. The van der Waals surface area contributed by atoms with E-state index in [1.165, 1.54) is 23.2 Å². The number of aryl methyl sites for hydroxylation is 1. The van der Waals surface area contributed by atoms with Gasteiger partial charge in [0.1, 0.15) is 0 Å². The summed E-state index contributed by atoms with van der Waals surface area (Å²) in [7, 11) is -5.24. The lowest BCUT2D eigenvalue weighted by Gasteiger charge is -2.31. The van der Waals surface area contributed by atoms with Crippen LogP contribution in [-0.4, -0.2) is 81.7 Å². The summed E-state index contributed by atoms with van der Waals surface area (Å²) < 4.78 is 55.6. The molecule has 0 bridgehead atoms. The van der Waals surface area contributed by atoms with Crippen LogP contribution in [0.2, 0.25) is 0 Å². The molecule has 1 amide bonds. The number of hydrogen-bond acceptors (Lipinski definition) is 7. The van der Waals surface area contributed by atoms with Crippen molar-refractivity contribution in [3.63, 3.8) is 0 Å². The first-order chi connectivity index (χ1) is 14.9. The molecular weight excluding hydrogens is 456 g/mol. The van der Waals surface area contributed by atoms with E-state index in [1.807, 2.05) is 6.92 Å². The van der Waals surface area contributed by atoms with Crippen molar-refractivity contribution in [3.8, 4) is 0 Å². The van der Waals surface area contributed by atoms with Gasteiger partial charge in [-0.25, -0.2) is 16.8 Å². The molecule has 3 rings (SSSR count). The highest BCUT2D eigenvalue weighted by atomic mass is 32.2. The van der Waals surface area contributed by atoms with Gasteiger partial charge in [-0.2, -0.15) is 4.31 Å². The Morgan fingerprint density at radius 2 is 1.72 bits per heavy atom. The molecule has 1 aromatic rings. The molecule has 9 nitrogen and oxygen atoms in total. The van der Waals surface area contributed by atoms with Gasteiger partial charge in [0.25, 0.3) is 5.91 Å². The fraction of sp³-hybridized carbons (Fsp3) is 0.619. The number of nitrogens with zero attached hydrogens (tertiary/aromatic N) is 2. The van der Waals surface area contributed by atoms with Crippen molar-refractivity contribution in [3.05, 3.63) is 29.8 Å². The molecule has 0 N–H and O–H groups in total. The van der Waals surface area contributed by atoms with Crippen molar-refractivity contribution in [2.45, 2.75) is 50.2 Å². The lowest BCUT2D eigenvalue weighted by molar-refractivity contribution is -0.163. The number of likely N-dealkylation sites (N-methyl/N-ethyl adjacent to an activating group) is 1. The lowest BCUT2D eigenvalue weighted by atomic mass is 9.98. The first-order valence-electron chi connectivity index (χ1n) is 10.6. The van der Waals surface area contributed by atoms with Crippen LogP contribution in [0, 0.1) is 12.8 Å². The van der Waals surface area contributed by atoms with E-state index in [9.17, 15) is 26.4 Å². The van der Waals surface area contributed by atoms with E-state index in [0.29, 0.717) is 19.3 Å². The fourth-order valence-corrected chi connectivity index (χ4v) is 7.30. The number of carbonyl (C=O) groups is 2. The van der Waals surface area contributed by atoms with Crippen molar-refractivity contribution in [1.82, 2.24) is 9.21 Å². The van der Waals surface area contributed by atoms with Crippen molar-refractivity contribution >= 4 is 31.7 Å². The van der Waals surface area contributed by atoms with Crippen molar-refractivity contribution in [2.24, 2.45) is 5.92 Å². The predicted octanol–water partition coefficient (Wildman–Crippen LogP) is 0.973. The zero-order chi connectivity index (χ0) is 23.7. The molecule has 0 spiro atoms. The third-order valence-electron chi connectivity index (χ3n) is 6.19. The third-order valence-corrected chi connectivity index (χ3v) is 9.85. The van der Waals surface area contributed by atoms with Crippen molar-refractivity contribution in [1.29, 1.82) is 0 Å². The van der Waals surface area contributed by atoms with Gasteiger partial charge in [0.15, 0.2) is 15.9 Å². The molecule has 2 aliphatic heterocycles.